The summed E-state index contributed by atoms with van der Waals surface area (Å²) in [5.74, 6) is 0.511. The molecule has 0 unspecified atom stereocenters. The molecule has 0 saturated carbocycles. The molecular weight excluding hydrogens is 328 g/mol. The Bertz CT molecular complexity index is 558. The van der Waals surface area contributed by atoms with Crippen LogP contribution >= 0.6 is 28.1 Å². The lowest BCUT2D eigenvalue weighted by molar-refractivity contribution is -0.115. The SMILES string of the molecule is CCCOc1ccc(Br)cc1/C=C1\NC(=S)NC1=O. The Kier molecular flexibility index (Phi) is 4.55. The summed E-state index contributed by atoms with van der Waals surface area (Å²) in [6.07, 6.45) is 2.65. The summed E-state index contributed by atoms with van der Waals surface area (Å²) in [4.78, 5) is 11.6. The van der Waals surface area contributed by atoms with Crippen molar-refractivity contribution in [3.63, 3.8) is 0 Å². The first kappa shape index (κ1) is 14.0. The summed E-state index contributed by atoms with van der Waals surface area (Å²) < 4.78 is 6.58. The third kappa shape index (κ3) is 3.54. The topological polar surface area (TPSA) is 50.4 Å². The van der Waals surface area contributed by atoms with Gasteiger partial charge in [0.1, 0.15) is 11.4 Å². The van der Waals surface area contributed by atoms with E-state index in [1.807, 2.05) is 25.1 Å². The van der Waals surface area contributed by atoms with Crippen LogP contribution in [-0.2, 0) is 4.79 Å². The number of nitrogens with one attached hydrogen (secondary N) is 2. The normalized spacial score (nSPS) is 16.4. The largest absolute Gasteiger partial charge is 0.493 e. The molecule has 1 aromatic rings. The molecule has 0 aromatic heterocycles. The highest BCUT2D eigenvalue weighted by Gasteiger charge is 2.20. The lowest BCUT2D eigenvalue weighted by atomic mass is 10.1. The van der Waals surface area contributed by atoms with Crippen molar-refractivity contribution in [2.45, 2.75) is 13.3 Å². The first-order valence-corrected chi connectivity index (χ1v) is 7.06. The molecule has 1 fully saturated rings. The van der Waals surface area contributed by atoms with Gasteiger partial charge in [0.25, 0.3) is 5.91 Å². The van der Waals surface area contributed by atoms with Crippen LogP contribution in [0.2, 0.25) is 0 Å². The second kappa shape index (κ2) is 6.16. The van der Waals surface area contributed by atoms with Crippen LogP contribution in [-0.4, -0.2) is 17.6 Å². The van der Waals surface area contributed by atoms with Gasteiger partial charge in [-0.3, -0.25) is 10.1 Å². The molecule has 2 rings (SSSR count). The number of halogens is 1. The number of hydrogen-bond donors (Lipinski definition) is 2. The van der Waals surface area contributed by atoms with Gasteiger partial charge in [-0.15, -0.1) is 0 Å². The number of ether oxygens (including phenoxy) is 1. The van der Waals surface area contributed by atoms with Gasteiger partial charge in [0.05, 0.1) is 6.61 Å². The first-order chi connectivity index (χ1) is 9.10. The molecule has 0 aliphatic carbocycles. The van der Waals surface area contributed by atoms with Crippen molar-refractivity contribution in [3.8, 4) is 5.75 Å². The van der Waals surface area contributed by atoms with E-state index in [1.165, 1.54) is 0 Å². The van der Waals surface area contributed by atoms with Crippen LogP contribution in [0.15, 0.2) is 28.4 Å². The fourth-order valence-electron chi connectivity index (χ4n) is 1.61. The zero-order valence-corrected chi connectivity index (χ0v) is 12.7. The standard InChI is InChI=1S/C13H13BrN2O2S/c1-2-5-18-11-4-3-9(14)6-8(11)7-10-12(17)16-13(19)15-10/h3-4,6-7H,2,5H2,1H3,(H2,15,16,17,19)/b10-7-. The highest BCUT2D eigenvalue weighted by molar-refractivity contribution is 9.10. The smallest absolute Gasteiger partial charge is 0.273 e. The molecule has 1 heterocycles. The maximum atomic E-state index is 11.6. The van der Waals surface area contributed by atoms with Crippen LogP contribution in [0.1, 0.15) is 18.9 Å². The molecule has 1 aromatic carbocycles. The van der Waals surface area contributed by atoms with Crippen LogP contribution in [0.4, 0.5) is 0 Å². The number of carbonyl (C=O) groups is 1. The Morgan fingerprint density at radius 1 is 1.42 bits per heavy atom. The Hall–Kier alpha value is -1.40. The van der Waals surface area contributed by atoms with Gasteiger partial charge in [-0.05, 0) is 42.9 Å². The third-order valence-electron chi connectivity index (χ3n) is 2.45. The average molecular weight is 341 g/mol. The molecule has 0 atom stereocenters. The molecule has 19 heavy (non-hydrogen) atoms. The van der Waals surface area contributed by atoms with E-state index < -0.39 is 0 Å². The van der Waals surface area contributed by atoms with Crippen LogP contribution in [0, 0.1) is 0 Å². The highest BCUT2D eigenvalue weighted by Crippen LogP contribution is 2.25. The summed E-state index contributed by atoms with van der Waals surface area (Å²) in [5.41, 5.74) is 1.25. The fraction of sp³-hybridized carbons (Fsp3) is 0.231. The molecule has 0 bridgehead atoms. The lowest BCUT2D eigenvalue weighted by Gasteiger charge is -2.09. The number of hydrogen-bond acceptors (Lipinski definition) is 3. The fourth-order valence-corrected chi connectivity index (χ4v) is 2.19. The molecule has 1 amide bonds. The number of thiocarbonyl (C=S) groups is 1. The van der Waals surface area contributed by atoms with Gasteiger partial charge in [-0.25, -0.2) is 0 Å². The Morgan fingerprint density at radius 3 is 2.84 bits per heavy atom. The van der Waals surface area contributed by atoms with Gasteiger partial charge in [0, 0.05) is 10.0 Å². The summed E-state index contributed by atoms with van der Waals surface area (Å²) in [7, 11) is 0. The molecule has 2 N–H and O–H groups in total. The van der Waals surface area contributed by atoms with Crippen molar-refractivity contribution < 1.29 is 9.53 Å². The predicted molar refractivity (Wildman–Crippen MR) is 81.8 cm³/mol. The van der Waals surface area contributed by atoms with E-state index in [1.54, 1.807) is 6.08 Å². The predicted octanol–water partition coefficient (Wildman–Crippen LogP) is 2.58. The molecular formula is C13H13BrN2O2S. The van der Waals surface area contributed by atoms with Crippen LogP contribution in [0.3, 0.4) is 0 Å². The Labute approximate surface area is 125 Å². The summed E-state index contributed by atoms with van der Waals surface area (Å²) in [6, 6.07) is 5.67. The molecule has 1 aliphatic rings. The number of carbonyl (C=O) groups excluding carboxylic acids is 1. The number of benzene rings is 1. The molecule has 1 aliphatic heterocycles. The van der Waals surface area contributed by atoms with E-state index in [0.717, 1.165) is 22.2 Å². The average Bonchev–Trinajstić information content (AvgIpc) is 2.67. The van der Waals surface area contributed by atoms with E-state index in [2.05, 4.69) is 26.6 Å². The van der Waals surface area contributed by atoms with Crippen LogP contribution in [0.25, 0.3) is 6.08 Å². The van der Waals surface area contributed by atoms with Crippen LogP contribution in [0.5, 0.6) is 5.75 Å². The maximum Gasteiger partial charge on any atom is 0.273 e. The second-order valence-corrected chi connectivity index (χ2v) is 5.32. The van der Waals surface area contributed by atoms with E-state index >= 15 is 0 Å². The minimum Gasteiger partial charge on any atom is -0.493 e. The lowest BCUT2D eigenvalue weighted by Crippen LogP contribution is -2.21. The quantitative estimate of drug-likeness (QED) is 0.653. The molecule has 6 heteroatoms. The molecule has 100 valence electrons. The van der Waals surface area contributed by atoms with Crippen molar-refractivity contribution in [1.82, 2.24) is 10.6 Å². The van der Waals surface area contributed by atoms with Gasteiger partial charge < -0.3 is 10.1 Å². The molecule has 4 nitrogen and oxygen atoms in total. The van der Waals surface area contributed by atoms with Crippen molar-refractivity contribution in [3.05, 3.63) is 33.9 Å². The molecule has 0 radical (unpaired) electrons. The van der Waals surface area contributed by atoms with Gasteiger partial charge in [0.15, 0.2) is 5.11 Å². The summed E-state index contributed by atoms with van der Waals surface area (Å²) in [5, 5.41) is 5.66. The van der Waals surface area contributed by atoms with E-state index in [9.17, 15) is 4.79 Å². The summed E-state index contributed by atoms with van der Waals surface area (Å²) in [6.45, 7) is 2.68. The maximum absolute atomic E-state index is 11.6. The third-order valence-corrected chi connectivity index (χ3v) is 3.15. The van der Waals surface area contributed by atoms with Crippen molar-refractivity contribution in [1.29, 1.82) is 0 Å². The number of amides is 1. The van der Waals surface area contributed by atoms with Crippen molar-refractivity contribution in [2.75, 3.05) is 6.61 Å². The summed E-state index contributed by atoms with van der Waals surface area (Å²) >= 11 is 8.30. The highest BCUT2D eigenvalue weighted by atomic mass is 79.9. The Morgan fingerprint density at radius 2 is 2.21 bits per heavy atom. The second-order valence-electron chi connectivity index (χ2n) is 4.00. The molecule has 0 spiro atoms. The number of rotatable bonds is 4. The van der Waals surface area contributed by atoms with Gasteiger partial charge in [-0.2, -0.15) is 0 Å². The minimum atomic E-state index is -0.230. The zero-order valence-electron chi connectivity index (χ0n) is 10.3. The van der Waals surface area contributed by atoms with Crippen molar-refractivity contribution in [2.24, 2.45) is 0 Å². The minimum absolute atomic E-state index is 0.230. The zero-order chi connectivity index (χ0) is 13.8. The monoisotopic (exact) mass is 340 g/mol. The van der Waals surface area contributed by atoms with Crippen LogP contribution < -0.4 is 15.4 Å². The molecule has 1 saturated heterocycles. The van der Waals surface area contributed by atoms with Gasteiger partial charge in [-0.1, -0.05) is 22.9 Å². The van der Waals surface area contributed by atoms with E-state index in [4.69, 9.17) is 17.0 Å². The van der Waals surface area contributed by atoms with Gasteiger partial charge in [0.2, 0.25) is 0 Å². The van der Waals surface area contributed by atoms with Gasteiger partial charge >= 0.3 is 0 Å². The van der Waals surface area contributed by atoms with E-state index in [-0.39, 0.29) is 5.91 Å². The Balaban J connectivity index is 2.32. The first-order valence-electron chi connectivity index (χ1n) is 5.86. The van der Waals surface area contributed by atoms with Crippen molar-refractivity contribution >= 4 is 45.2 Å². The van der Waals surface area contributed by atoms with E-state index in [0.29, 0.717) is 17.4 Å².